The van der Waals surface area contributed by atoms with Crippen LogP contribution in [0.25, 0.3) is 0 Å². The van der Waals surface area contributed by atoms with Crippen LogP contribution in [-0.4, -0.2) is 41.7 Å². The van der Waals surface area contributed by atoms with Gasteiger partial charge in [0.15, 0.2) is 18.1 Å². The van der Waals surface area contributed by atoms with Gasteiger partial charge >= 0.3 is 5.97 Å². The number of rotatable bonds is 10. The van der Waals surface area contributed by atoms with Crippen LogP contribution in [0.15, 0.2) is 42.5 Å². The molecule has 9 heteroatoms. The summed E-state index contributed by atoms with van der Waals surface area (Å²) in [6.07, 6.45) is 0.516. The number of nitrogens with one attached hydrogen (secondary N) is 1. The van der Waals surface area contributed by atoms with Crippen LogP contribution in [0.1, 0.15) is 22.8 Å². The first-order chi connectivity index (χ1) is 13.4. The fraction of sp³-hybridized carbons (Fsp3) is 0.263. The molecule has 0 aromatic heterocycles. The average molecular weight is 388 g/mol. The van der Waals surface area contributed by atoms with Gasteiger partial charge in [-0.25, -0.2) is 4.79 Å². The van der Waals surface area contributed by atoms with Crippen LogP contribution >= 0.6 is 0 Å². The summed E-state index contributed by atoms with van der Waals surface area (Å²) in [4.78, 5) is 33.1. The molecule has 0 saturated carbocycles. The summed E-state index contributed by atoms with van der Waals surface area (Å²) < 4.78 is 10.6. The number of hydrogen-bond donors (Lipinski definition) is 2. The van der Waals surface area contributed by atoms with Crippen molar-refractivity contribution in [2.24, 2.45) is 0 Å². The molecule has 0 unspecified atom stereocenters. The number of ether oxygens (including phenoxy) is 2. The van der Waals surface area contributed by atoms with Crippen molar-refractivity contribution in [1.29, 1.82) is 0 Å². The zero-order chi connectivity index (χ0) is 20.5. The van der Waals surface area contributed by atoms with Crippen molar-refractivity contribution in [2.75, 3.05) is 19.8 Å². The maximum absolute atomic E-state index is 12.3. The first-order valence-corrected chi connectivity index (χ1v) is 8.53. The molecule has 0 heterocycles. The Balaban J connectivity index is 1.96. The van der Waals surface area contributed by atoms with Gasteiger partial charge in [-0.3, -0.25) is 14.9 Å². The molecule has 0 bridgehead atoms. The maximum atomic E-state index is 12.3. The Hall–Kier alpha value is -3.62. The van der Waals surface area contributed by atoms with Crippen LogP contribution in [0.5, 0.6) is 11.5 Å². The Morgan fingerprint density at radius 1 is 1.11 bits per heavy atom. The second-order valence-corrected chi connectivity index (χ2v) is 5.71. The summed E-state index contributed by atoms with van der Waals surface area (Å²) >= 11 is 0. The lowest BCUT2D eigenvalue weighted by Gasteiger charge is -2.12. The number of carbonyl (C=O) groups is 2. The number of nitro groups is 1. The number of nitrogens with zero attached hydrogens (tertiary/aromatic N) is 1. The van der Waals surface area contributed by atoms with Gasteiger partial charge in [0.05, 0.1) is 11.5 Å². The number of hydrogen-bond acceptors (Lipinski definition) is 6. The summed E-state index contributed by atoms with van der Waals surface area (Å²) in [5.74, 6) is -0.915. The molecule has 0 spiro atoms. The van der Waals surface area contributed by atoms with E-state index in [0.717, 1.165) is 5.56 Å². The summed E-state index contributed by atoms with van der Waals surface area (Å²) in [5, 5.41) is 22.1. The topological polar surface area (TPSA) is 128 Å². The van der Waals surface area contributed by atoms with E-state index in [1.54, 1.807) is 19.1 Å². The number of non-ortho nitro benzene ring substituents is 1. The van der Waals surface area contributed by atoms with Gasteiger partial charge in [0.2, 0.25) is 0 Å². The standard InChI is InChI=1S/C19H20N2O7/c1-2-27-17-11-14(5-8-16(17)28-12-18(22)23)19(24)20-10-9-13-3-6-15(7-4-13)21(25)26/h3-8,11H,2,9-10,12H2,1H3,(H,20,24)(H,22,23). The van der Waals surface area contributed by atoms with Crippen molar-refractivity contribution >= 4 is 17.6 Å². The molecule has 0 aliphatic heterocycles. The highest BCUT2D eigenvalue weighted by molar-refractivity contribution is 5.94. The lowest BCUT2D eigenvalue weighted by atomic mass is 10.1. The summed E-state index contributed by atoms with van der Waals surface area (Å²) in [6, 6.07) is 10.6. The van der Waals surface area contributed by atoms with Gasteiger partial charge in [0, 0.05) is 24.2 Å². The average Bonchev–Trinajstić information content (AvgIpc) is 2.67. The van der Waals surface area contributed by atoms with Crippen molar-refractivity contribution < 1.29 is 29.1 Å². The van der Waals surface area contributed by atoms with E-state index in [1.807, 2.05) is 0 Å². The molecule has 2 rings (SSSR count). The van der Waals surface area contributed by atoms with Gasteiger partial charge in [0.25, 0.3) is 11.6 Å². The second-order valence-electron chi connectivity index (χ2n) is 5.71. The first-order valence-electron chi connectivity index (χ1n) is 8.53. The van der Waals surface area contributed by atoms with Crippen LogP contribution in [0.3, 0.4) is 0 Å². The molecule has 2 aromatic carbocycles. The fourth-order valence-electron chi connectivity index (χ4n) is 2.38. The fourth-order valence-corrected chi connectivity index (χ4v) is 2.38. The largest absolute Gasteiger partial charge is 0.490 e. The Labute approximate surface area is 161 Å². The number of aliphatic carboxylic acids is 1. The van der Waals surface area contributed by atoms with Crippen molar-refractivity contribution in [1.82, 2.24) is 5.32 Å². The minimum atomic E-state index is -1.12. The highest BCUT2D eigenvalue weighted by atomic mass is 16.6. The van der Waals surface area contributed by atoms with Crippen LogP contribution in [0, 0.1) is 10.1 Å². The van der Waals surface area contributed by atoms with Crippen molar-refractivity contribution in [3.8, 4) is 11.5 Å². The highest BCUT2D eigenvalue weighted by Gasteiger charge is 2.13. The molecule has 0 aliphatic rings. The number of carboxylic acid groups (broad SMARTS) is 1. The van der Waals surface area contributed by atoms with Gasteiger partial charge in [-0.2, -0.15) is 0 Å². The van der Waals surface area contributed by atoms with Crippen LogP contribution in [0.4, 0.5) is 5.69 Å². The van der Waals surface area contributed by atoms with Gasteiger partial charge in [0.1, 0.15) is 0 Å². The van der Waals surface area contributed by atoms with E-state index in [-0.39, 0.29) is 23.1 Å². The molecule has 0 radical (unpaired) electrons. The minimum Gasteiger partial charge on any atom is -0.490 e. The monoisotopic (exact) mass is 388 g/mol. The van der Waals surface area contributed by atoms with E-state index < -0.39 is 17.5 Å². The lowest BCUT2D eigenvalue weighted by molar-refractivity contribution is -0.384. The molecule has 9 nitrogen and oxygen atoms in total. The SMILES string of the molecule is CCOc1cc(C(=O)NCCc2ccc([N+](=O)[O-])cc2)ccc1OCC(=O)O. The second kappa shape index (κ2) is 9.91. The zero-order valence-corrected chi connectivity index (χ0v) is 15.2. The Bertz CT molecular complexity index is 850. The Morgan fingerprint density at radius 3 is 2.43 bits per heavy atom. The number of nitro benzene ring substituents is 1. The molecule has 28 heavy (non-hydrogen) atoms. The number of benzene rings is 2. The van der Waals surface area contributed by atoms with Gasteiger partial charge in [-0.1, -0.05) is 12.1 Å². The van der Waals surface area contributed by atoms with E-state index in [9.17, 15) is 19.7 Å². The quantitative estimate of drug-likeness (QED) is 0.472. The molecular formula is C19H20N2O7. The van der Waals surface area contributed by atoms with Crippen LogP contribution < -0.4 is 14.8 Å². The van der Waals surface area contributed by atoms with Crippen molar-refractivity contribution in [3.63, 3.8) is 0 Å². The van der Waals surface area contributed by atoms with Crippen LogP contribution in [0.2, 0.25) is 0 Å². The third kappa shape index (κ3) is 5.97. The smallest absolute Gasteiger partial charge is 0.341 e. The third-order valence-electron chi connectivity index (χ3n) is 3.70. The molecule has 0 atom stereocenters. The van der Waals surface area contributed by atoms with E-state index in [4.69, 9.17) is 14.6 Å². The van der Waals surface area contributed by atoms with E-state index >= 15 is 0 Å². The number of amides is 1. The normalized spacial score (nSPS) is 10.2. The zero-order valence-electron chi connectivity index (χ0n) is 15.2. The Kier molecular flexibility index (Phi) is 7.32. The maximum Gasteiger partial charge on any atom is 0.341 e. The van der Waals surface area contributed by atoms with E-state index in [2.05, 4.69) is 5.32 Å². The van der Waals surface area contributed by atoms with E-state index in [0.29, 0.717) is 25.1 Å². The Morgan fingerprint density at radius 2 is 1.82 bits per heavy atom. The molecule has 0 saturated heterocycles. The van der Waals surface area contributed by atoms with E-state index in [1.165, 1.54) is 30.3 Å². The lowest BCUT2D eigenvalue weighted by Crippen LogP contribution is -2.25. The highest BCUT2D eigenvalue weighted by Crippen LogP contribution is 2.28. The first kappa shape index (κ1) is 20.7. The molecule has 1 amide bonds. The number of carbonyl (C=O) groups excluding carboxylic acids is 1. The number of carboxylic acids is 1. The minimum absolute atomic E-state index is 0.0152. The molecule has 2 N–H and O–H groups in total. The van der Waals surface area contributed by atoms with Crippen LogP contribution in [-0.2, 0) is 11.2 Å². The molecule has 2 aromatic rings. The molecule has 0 fully saturated rings. The summed E-state index contributed by atoms with van der Waals surface area (Å²) in [7, 11) is 0. The van der Waals surface area contributed by atoms with Gasteiger partial charge < -0.3 is 19.9 Å². The molecule has 148 valence electrons. The molecule has 0 aliphatic carbocycles. The summed E-state index contributed by atoms with van der Waals surface area (Å²) in [6.45, 7) is 1.92. The van der Waals surface area contributed by atoms with Crippen molar-refractivity contribution in [2.45, 2.75) is 13.3 Å². The summed E-state index contributed by atoms with van der Waals surface area (Å²) in [5.41, 5.74) is 1.22. The van der Waals surface area contributed by atoms with Crippen molar-refractivity contribution in [3.05, 3.63) is 63.7 Å². The molecular weight excluding hydrogens is 368 g/mol. The predicted octanol–water partition coefficient (Wildman–Crippen LogP) is 2.43. The van der Waals surface area contributed by atoms with Gasteiger partial charge in [-0.15, -0.1) is 0 Å². The predicted molar refractivity (Wildman–Crippen MR) is 99.9 cm³/mol. The van der Waals surface area contributed by atoms with Gasteiger partial charge in [-0.05, 0) is 37.1 Å². The third-order valence-corrected chi connectivity index (χ3v) is 3.70.